The van der Waals surface area contributed by atoms with Gasteiger partial charge in [0.25, 0.3) is 0 Å². The van der Waals surface area contributed by atoms with Crippen molar-refractivity contribution in [2.45, 2.75) is 105 Å². The zero-order valence-corrected chi connectivity index (χ0v) is 27.1. The molecule has 6 heteroatoms. The molecule has 39 heavy (non-hydrogen) atoms. The molecule has 1 radical (unpaired) electrons. The number of furan rings is 1. The fourth-order valence-corrected chi connectivity index (χ4v) is 5.09. The van der Waals surface area contributed by atoms with Crippen LogP contribution in [0.4, 0.5) is 0 Å². The molecule has 5 nitrogen and oxygen atoms in total. The van der Waals surface area contributed by atoms with Crippen LogP contribution in [0, 0.1) is 17.9 Å². The van der Waals surface area contributed by atoms with E-state index >= 15 is 0 Å². The number of aliphatic hydroxyl groups is 1. The van der Waals surface area contributed by atoms with Gasteiger partial charge in [-0.15, -0.1) is 5.56 Å². The molecule has 0 saturated heterocycles. The van der Waals surface area contributed by atoms with Crippen molar-refractivity contribution in [2.24, 2.45) is 11.8 Å². The van der Waals surface area contributed by atoms with Gasteiger partial charge in [-0.25, -0.2) is 0 Å². The fourth-order valence-electron chi connectivity index (χ4n) is 5.09. The SMILES string of the molecule is CC(C)(C)c1ccnc(-c2[c-]cnc3c4c(oc23)CCCC4)c1.CCC(CC)C(=O)/C=C(\O)C(CC)CC.[Ir]. The first-order valence-electron chi connectivity index (χ1n) is 14.4. The van der Waals surface area contributed by atoms with E-state index in [1.54, 1.807) is 6.20 Å². The fraction of sp³-hybridized carbons (Fsp3) is 0.545. The summed E-state index contributed by atoms with van der Waals surface area (Å²) in [4.78, 5) is 20.8. The second kappa shape index (κ2) is 14.9. The van der Waals surface area contributed by atoms with E-state index in [1.807, 2.05) is 33.9 Å². The summed E-state index contributed by atoms with van der Waals surface area (Å²) in [6.07, 6.45) is 13.0. The average molecular weight is 710 g/mol. The van der Waals surface area contributed by atoms with E-state index in [4.69, 9.17) is 4.42 Å². The van der Waals surface area contributed by atoms with E-state index < -0.39 is 0 Å². The molecule has 0 atom stereocenters. The minimum atomic E-state index is 0. The van der Waals surface area contributed by atoms with Gasteiger partial charge in [-0.2, -0.15) is 6.07 Å². The number of aromatic nitrogens is 2. The molecule has 0 aromatic carbocycles. The van der Waals surface area contributed by atoms with Crippen molar-refractivity contribution < 1.29 is 34.4 Å². The van der Waals surface area contributed by atoms with Gasteiger partial charge in [0.05, 0.1) is 17.0 Å². The van der Waals surface area contributed by atoms with Crippen LogP contribution >= 0.6 is 0 Å². The summed E-state index contributed by atoms with van der Waals surface area (Å²) in [6.45, 7) is 14.7. The maximum Gasteiger partial charge on any atom is 0.162 e. The van der Waals surface area contributed by atoms with Gasteiger partial charge in [-0.1, -0.05) is 60.1 Å². The van der Waals surface area contributed by atoms with E-state index in [9.17, 15) is 9.90 Å². The van der Waals surface area contributed by atoms with Gasteiger partial charge in [0.1, 0.15) is 0 Å². The molecule has 215 valence electrons. The molecule has 0 saturated carbocycles. The van der Waals surface area contributed by atoms with Crippen molar-refractivity contribution >= 4 is 16.9 Å². The molecule has 1 aliphatic rings. The Morgan fingerprint density at radius 3 is 2.31 bits per heavy atom. The smallest absolute Gasteiger partial charge is 0.162 e. The number of fused-ring (bicyclic) bond motifs is 3. The van der Waals surface area contributed by atoms with Crippen molar-refractivity contribution in [1.82, 2.24) is 9.97 Å². The Labute approximate surface area is 248 Å². The molecule has 0 unspecified atom stereocenters. The molecule has 0 spiro atoms. The second-order valence-corrected chi connectivity index (χ2v) is 11.3. The normalized spacial score (nSPS) is 13.6. The van der Waals surface area contributed by atoms with Gasteiger partial charge in [0.15, 0.2) is 5.78 Å². The Hall–Kier alpha value is -2.30. The summed E-state index contributed by atoms with van der Waals surface area (Å²) in [5.41, 5.74) is 6.32. The Morgan fingerprint density at radius 1 is 1.05 bits per heavy atom. The van der Waals surface area contributed by atoms with Gasteiger partial charge in [0, 0.05) is 61.8 Å². The molecular formula is C33H45IrN2O3-. The number of aliphatic hydroxyl groups excluding tert-OH is 1. The van der Waals surface area contributed by atoms with Crippen molar-refractivity contribution in [3.63, 3.8) is 0 Å². The van der Waals surface area contributed by atoms with E-state index in [0.29, 0.717) is 0 Å². The van der Waals surface area contributed by atoms with Gasteiger partial charge >= 0.3 is 0 Å². The first kappa shape index (κ1) is 32.9. The van der Waals surface area contributed by atoms with E-state index in [1.165, 1.54) is 30.0 Å². The maximum absolute atomic E-state index is 11.7. The summed E-state index contributed by atoms with van der Waals surface area (Å²) in [7, 11) is 0. The molecule has 0 amide bonds. The number of carbonyl (C=O) groups is 1. The van der Waals surface area contributed by atoms with Crippen LogP contribution in [0.2, 0.25) is 0 Å². The number of hydrogen-bond acceptors (Lipinski definition) is 5. The zero-order chi connectivity index (χ0) is 27.9. The summed E-state index contributed by atoms with van der Waals surface area (Å²) < 4.78 is 6.17. The maximum atomic E-state index is 11.7. The average Bonchev–Trinajstić information content (AvgIpc) is 3.29. The van der Waals surface area contributed by atoms with Gasteiger partial charge in [0.2, 0.25) is 0 Å². The van der Waals surface area contributed by atoms with Crippen LogP contribution < -0.4 is 0 Å². The van der Waals surface area contributed by atoms with Crippen LogP contribution in [-0.4, -0.2) is 20.9 Å². The Morgan fingerprint density at radius 2 is 1.69 bits per heavy atom. The third-order valence-corrected chi connectivity index (χ3v) is 7.74. The monoisotopic (exact) mass is 710 g/mol. The molecule has 3 aromatic rings. The molecule has 1 aliphatic carbocycles. The molecule has 0 fully saturated rings. The summed E-state index contributed by atoms with van der Waals surface area (Å²) >= 11 is 0. The molecule has 1 N–H and O–H groups in total. The van der Waals surface area contributed by atoms with Crippen LogP contribution in [0.15, 0.2) is 40.8 Å². The standard InChI is InChI=1S/C20H21N2O.C13H24O2.Ir/c1-20(2,3)13-8-10-21-16(12-13)14-9-11-22-18-15-6-4-5-7-17(15)23-19(14)18;1-5-10(6-2)12(14)9-13(15)11(7-3)8-4;/h8,10-12H,4-7H2,1-3H3;9-11,14H,5-8H2,1-4H3;/q-1;;/b;12-9-;. The number of aryl methyl sites for hydroxylation is 2. The number of rotatable bonds is 8. The van der Waals surface area contributed by atoms with Gasteiger partial charge in [-0.05, 0) is 68.3 Å². The molecule has 3 heterocycles. The van der Waals surface area contributed by atoms with Crippen LogP contribution in [0.5, 0.6) is 0 Å². The number of carbonyl (C=O) groups excluding carboxylic acids is 1. The Balaban J connectivity index is 0.000000294. The number of hydrogen-bond donors (Lipinski definition) is 1. The summed E-state index contributed by atoms with van der Waals surface area (Å²) in [5.74, 6) is 1.65. The predicted molar refractivity (Wildman–Crippen MR) is 155 cm³/mol. The molecular weight excluding hydrogens is 665 g/mol. The van der Waals surface area contributed by atoms with E-state index in [-0.39, 0.29) is 48.9 Å². The first-order valence-corrected chi connectivity index (χ1v) is 14.4. The van der Waals surface area contributed by atoms with Crippen molar-refractivity contribution in [1.29, 1.82) is 0 Å². The van der Waals surface area contributed by atoms with Crippen LogP contribution in [0.25, 0.3) is 22.4 Å². The molecule has 0 aliphatic heterocycles. The Bertz CT molecular complexity index is 1250. The summed E-state index contributed by atoms with van der Waals surface area (Å²) in [5, 5.41) is 9.76. The molecule has 0 bridgehead atoms. The number of ketones is 1. The third-order valence-electron chi connectivity index (χ3n) is 7.74. The minimum Gasteiger partial charge on any atom is -0.517 e. The van der Waals surface area contributed by atoms with Crippen molar-refractivity contribution in [3.05, 3.63) is 59.3 Å². The topological polar surface area (TPSA) is 76.2 Å². The van der Waals surface area contributed by atoms with Crippen molar-refractivity contribution in [2.75, 3.05) is 0 Å². The largest absolute Gasteiger partial charge is 0.517 e. The second-order valence-electron chi connectivity index (χ2n) is 11.3. The van der Waals surface area contributed by atoms with E-state index in [0.717, 1.165) is 66.6 Å². The third kappa shape index (κ3) is 8.11. The quantitative estimate of drug-likeness (QED) is 0.144. The molecule has 4 rings (SSSR count). The van der Waals surface area contributed by atoms with Gasteiger partial charge < -0.3 is 14.5 Å². The summed E-state index contributed by atoms with van der Waals surface area (Å²) in [6, 6.07) is 7.47. The first-order chi connectivity index (χ1) is 18.1. The van der Waals surface area contributed by atoms with Gasteiger partial charge in [-0.3, -0.25) is 9.78 Å². The zero-order valence-electron chi connectivity index (χ0n) is 24.7. The minimum absolute atomic E-state index is 0. The predicted octanol–water partition coefficient (Wildman–Crippen LogP) is 8.73. The molecule has 3 aromatic heterocycles. The van der Waals surface area contributed by atoms with Crippen LogP contribution in [-0.2, 0) is 43.2 Å². The van der Waals surface area contributed by atoms with E-state index in [2.05, 4.69) is 48.9 Å². The van der Waals surface area contributed by atoms with Crippen molar-refractivity contribution in [3.8, 4) is 11.3 Å². The van der Waals surface area contributed by atoms with Crippen LogP contribution in [0.3, 0.4) is 0 Å². The Kier molecular flexibility index (Phi) is 12.6. The number of allylic oxidation sites excluding steroid dienone is 2. The van der Waals surface area contributed by atoms with Crippen LogP contribution in [0.1, 0.15) is 104 Å². The number of pyridine rings is 2. The number of nitrogens with zero attached hydrogens (tertiary/aromatic N) is 2.